The van der Waals surface area contributed by atoms with Crippen molar-refractivity contribution in [1.82, 2.24) is 14.8 Å². The van der Waals surface area contributed by atoms with E-state index in [-0.39, 0.29) is 11.7 Å². The lowest BCUT2D eigenvalue weighted by atomic mass is 9.99. The van der Waals surface area contributed by atoms with Gasteiger partial charge in [-0.15, -0.1) is 0 Å². The molecule has 2 aliphatic rings. The minimum absolute atomic E-state index is 0.242. The van der Waals surface area contributed by atoms with Crippen molar-refractivity contribution in [1.29, 1.82) is 0 Å². The maximum Gasteiger partial charge on any atom is 0.222 e. The molecule has 162 valence electrons. The number of H-pyrrole nitrogens is 1. The van der Waals surface area contributed by atoms with Gasteiger partial charge in [-0.3, -0.25) is 4.79 Å². The molecule has 5 heteroatoms. The number of piperidine rings is 1. The molecule has 4 nitrogen and oxygen atoms in total. The van der Waals surface area contributed by atoms with Crippen LogP contribution in [0.5, 0.6) is 0 Å². The number of carbonyl (C=O) groups is 1. The number of halogens is 1. The topological polar surface area (TPSA) is 39.3 Å². The highest BCUT2D eigenvalue weighted by Crippen LogP contribution is 2.32. The summed E-state index contributed by atoms with van der Waals surface area (Å²) in [6.45, 7) is 4.20. The number of para-hydroxylation sites is 1. The molecule has 3 aromatic rings. The van der Waals surface area contributed by atoms with E-state index in [0.717, 1.165) is 53.7 Å². The molecule has 2 saturated heterocycles. The molecule has 31 heavy (non-hydrogen) atoms. The van der Waals surface area contributed by atoms with Crippen LogP contribution in [0.2, 0.25) is 0 Å². The number of amides is 1. The van der Waals surface area contributed by atoms with Crippen molar-refractivity contribution in [2.75, 3.05) is 26.2 Å². The van der Waals surface area contributed by atoms with Gasteiger partial charge in [0.05, 0.1) is 0 Å². The van der Waals surface area contributed by atoms with Crippen molar-refractivity contribution in [2.24, 2.45) is 0 Å². The standard InChI is InChI=1S/C26H30FN3O/c27-20-9-7-19(8-10-20)26-23(22-5-1-2-6-24(22)28-26)11-12-25(31)30-17-13-21(14-18-30)29-15-3-4-16-29/h1-2,5-10,21,28H,3-4,11-18H2. The first kappa shape index (κ1) is 20.3. The van der Waals surface area contributed by atoms with Gasteiger partial charge in [-0.25, -0.2) is 4.39 Å². The van der Waals surface area contributed by atoms with E-state index in [0.29, 0.717) is 18.9 Å². The van der Waals surface area contributed by atoms with E-state index in [4.69, 9.17) is 0 Å². The van der Waals surface area contributed by atoms with Crippen LogP contribution in [-0.2, 0) is 11.2 Å². The summed E-state index contributed by atoms with van der Waals surface area (Å²) >= 11 is 0. The van der Waals surface area contributed by atoms with E-state index >= 15 is 0 Å². The van der Waals surface area contributed by atoms with Crippen molar-refractivity contribution in [3.63, 3.8) is 0 Å². The average molecular weight is 420 g/mol. The van der Waals surface area contributed by atoms with Crippen molar-refractivity contribution >= 4 is 16.8 Å². The molecule has 0 spiro atoms. The van der Waals surface area contributed by atoms with Crippen LogP contribution in [0.25, 0.3) is 22.2 Å². The van der Waals surface area contributed by atoms with E-state index in [1.807, 2.05) is 12.1 Å². The average Bonchev–Trinajstić information content (AvgIpc) is 3.46. The Labute approximate surface area is 183 Å². The van der Waals surface area contributed by atoms with Crippen LogP contribution in [0.15, 0.2) is 48.5 Å². The smallest absolute Gasteiger partial charge is 0.222 e. The minimum Gasteiger partial charge on any atom is -0.354 e. The molecule has 0 saturated carbocycles. The summed E-state index contributed by atoms with van der Waals surface area (Å²) in [5, 5.41) is 1.14. The molecule has 2 aliphatic heterocycles. The molecule has 1 aromatic heterocycles. The molecule has 5 rings (SSSR count). The number of hydrogen-bond donors (Lipinski definition) is 1. The molecule has 0 radical (unpaired) electrons. The van der Waals surface area contributed by atoms with Crippen LogP contribution in [0.4, 0.5) is 4.39 Å². The Kier molecular flexibility index (Phi) is 5.77. The molecule has 2 aromatic carbocycles. The highest BCUT2D eigenvalue weighted by molar-refractivity contribution is 5.91. The van der Waals surface area contributed by atoms with Gasteiger partial charge in [0.25, 0.3) is 0 Å². The number of carbonyl (C=O) groups excluding carboxylic acids is 1. The molecule has 0 bridgehead atoms. The molecular formula is C26H30FN3O. The summed E-state index contributed by atoms with van der Waals surface area (Å²) < 4.78 is 13.4. The third-order valence-electron chi connectivity index (χ3n) is 7.01. The number of nitrogens with one attached hydrogen (secondary N) is 1. The lowest BCUT2D eigenvalue weighted by Gasteiger charge is -2.36. The Balaban J connectivity index is 1.29. The molecule has 1 N–H and O–H groups in total. The van der Waals surface area contributed by atoms with Gasteiger partial charge >= 0.3 is 0 Å². The fourth-order valence-electron chi connectivity index (χ4n) is 5.30. The first-order valence-corrected chi connectivity index (χ1v) is 11.6. The SMILES string of the molecule is O=C(CCc1c(-c2ccc(F)cc2)[nH]c2ccccc12)N1CCC(N2CCCC2)CC1. The summed E-state index contributed by atoms with van der Waals surface area (Å²) in [5.74, 6) is 0.00383. The zero-order valence-corrected chi connectivity index (χ0v) is 17.9. The maximum atomic E-state index is 13.4. The van der Waals surface area contributed by atoms with Crippen molar-refractivity contribution in [3.05, 3.63) is 59.9 Å². The van der Waals surface area contributed by atoms with Crippen LogP contribution in [0.1, 0.15) is 37.7 Å². The van der Waals surface area contributed by atoms with Crippen molar-refractivity contribution in [2.45, 2.75) is 44.6 Å². The molecule has 2 fully saturated rings. The number of likely N-dealkylation sites (tertiary alicyclic amines) is 2. The summed E-state index contributed by atoms with van der Waals surface area (Å²) in [5.41, 5.74) is 4.13. The van der Waals surface area contributed by atoms with Gasteiger partial charge in [-0.2, -0.15) is 0 Å². The number of nitrogens with zero attached hydrogens (tertiary/aromatic N) is 2. The van der Waals surface area contributed by atoms with Gasteiger partial charge in [0, 0.05) is 42.1 Å². The van der Waals surface area contributed by atoms with Crippen LogP contribution < -0.4 is 0 Å². The highest BCUT2D eigenvalue weighted by atomic mass is 19.1. The van der Waals surface area contributed by atoms with E-state index in [1.54, 1.807) is 12.1 Å². The van der Waals surface area contributed by atoms with Crippen molar-refractivity contribution in [3.8, 4) is 11.3 Å². The molecule has 1 amide bonds. The Morgan fingerprint density at radius 3 is 2.42 bits per heavy atom. The third-order valence-corrected chi connectivity index (χ3v) is 7.01. The summed E-state index contributed by atoms with van der Waals surface area (Å²) in [4.78, 5) is 21.2. The fourth-order valence-corrected chi connectivity index (χ4v) is 5.30. The third kappa shape index (κ3) is 4.24. The number of rotatable bonds is 5. The number of hydrogen-bond acceptors (Lipinski definition) is 2. The summed E-state index contributed by atoms with van der Waals surface area (Å²) in [6, 6.07) is 15.4. The zero-order chi connectivity index (χ0) is 21.2. The molecule has 0 unspecified atom stereocenters. The zero-order valence-electron chi connectivity index (χ0n) is 17.9. The summed E-state index contributed by atoms with van der Waals surface area (Å²) in [6.07, 6.45) is 6.02. The number of aryl methyl sites for hydroxylation is 1. The van der Waals surface area contributed by atoms with E-state index in [1.165, 1.54) is 38.1 Å². The lowest BCUT2D eigenvalue weighted by molar-refractivity contribution is -0.132. The van der Waals surface area contributed by atoms with Crippen LogP contribution in [0, 0.1) is 5.82 Å². The predicted octanol–water partition coefficient (Wildman–Crippen LogP) is 4.99. The second kappa shape index (κ2) is 8.83. The first-order valence-electron chi connectivity index (χ1n) is 11.6. The van der Waals surface area contributed by atoms with Gasteiger partial charge < -0.3 is 14.8 Å². The maximum absolute atomic E-state index is 13.4. The highest BCUT2D eigenvalue weighted by Gasteiger charge is 2.28. The van der Waals surface area contributed by atoms with Crippen LogP contribution in [0.3, 0.4) is 0 Å². The number of aromatic amines is 1. The number of benzene rings is 2. The van der Waals surface area contributed by atoms with Gasteiger partial charge in [0.2, 0.25) is 5.91 Å². The first-order chi connectivity index (χ1) is 15.2. The second-order valence-corrected chi connectivity index (χ2v) is 8.89. The lowest BCUT2D eigenvalue weighted by Crippen LogP contribution is -2.45. The molecule has 0 atom stereocenters. The Hall–Kier alpha value is -2.66. The second-order valence-electron chi connectivity index (χ2n) is 8.89. The fraction of sp³-hybridized carbons (Fsp3) is 0.423. The van der Waals surface area contributed by atoms with Crippen LogP contribution >= 0.6 is 0 Å². The Bertz CT molecular complexity index is 1040. The quantitative estimate of drug-likeness (QED) is 0.633. The molecule has 3 heterocycles. The minimum atomic E-state index is -0.242. The van der Waals surface area contributed by atoms with Gasteiger partial charge in [0.15, 0.2) is 0 Å². The van der Waals surface area contributed by atoms with E-state index < -0.39 is 0 Å². The summed E-state index contributed by atoms with van der Waals surface area (Å²) in [7, 11) is 0. The van der Waals surface area contributed by atoms with Gasteiger partial charge in [0.1, 0.15) is 5.82 Å². The van der Waals surface area contributed by atoms with E-state index in [9.17, 15) is 9.18 Å². The van der Waals surface area contributed by atoms with Crippen LogP contribution in [-0.4, -0.2) is 52.9 Å². The normalized spacial score (nSPS) is 18.2. The van der Waals surface area contributed by atoms with Gasteiger partial charge in [-0.05, 0) is 86.7 Å². The largest absolute Gasteiger partial charge is 0.354 e. The predicted molar refractivity (Wildman–Crippen MR) is 122 cm³/mol. The Morgan fingerprint density at radius 1 is 0.968 bits per heavy atom. The number of aromatic nitrogens is 1. The van der Waals surface area contributed by atoms with Gasteiger partial charge in [-0.1, -0.05) is 18.2 Å². The Morgan fingerprint density at radius 2 is 1.68 bits per heavy atom. The molecule has 0 aliphatic carbocycles. The van der Waals surface area contributed by atoms with E-state index in [2.05, 4.69) is 26.9 Å². The van der Waals surface area contributed by atoms with Crippen molar-refractivity contribution < 1.29 is 9.18 Å². The number of fused-ring (bicyclic) bond motifs is 1. The molecular weight excluding hydrogens is 389 g/mol. The monoisotopic (exact) mass is 419 g/mol.